The van der Waals surface area contributed by atoms with Crippen LogP contribution in [0.15, 0.2) is 54.7 Å². The highest BCUT2D eigenvalue weighted by Gasteiger charge is 2.34. The van der Waals surface area contributed by atoms with Crippen molar-refractivity contribution in [2.45, 2.75) is 32.5 Å². The van der Waals surface area contributed by atoms with Crippen LogP contribution in [0.5, 0.6) is 0 Å². The summed E-state index contributed by atoms with van der Waals surface area (Å²) in [6.07, 6.45) is -3.23. The lowest BCUT2D eigenvalue weighted by Crippen LogP contribution is -2.08. The van der Waals surface area contributed by atoms with Crippen molar-refractivity contribution >= 4 is 16.6 Å². The third kappa shape index (κ3) is 4.01. The number of aliphatic hydroxyl groups excluding tert-OH is 1. The molecule has 0 radical (unpaired) electrons. The zero-order chi connectivity index (χ0) is 23.0. The molecule has 0 atom stereocenters. The summed E-state index contributed by atoms with van der Waals surface area (Å²) in [6, 6.07) is 12.7. The Balaban J connectivity index is 1.92. The van der Waals surface area contributed by atoms with Crippen LogP contribution in [0, 0.1) is 0 Å². The Morgan fingerprint density at radius 1 is 1.00 bits per heavy atom. The maximum atomic E-state index is 13.5. The van der Waals surface area contributed by atoms with Crippen LogP contribution in [0.25, 0.3) is 33.4 Å². The van der Waals surface area contributed by atoms with Gasteiger partial charge in [-0.25, -0.2) is 9.97 Å². The Morgan fingerprint density at radius 3 is 2.44 bits per heavy atom. The molecule has 3 N–H and O–H groups in total. The van der Waals surface area contributed by atoms with Gasteiger partial charge in [0.05, 0.1) is 22.5 Å². The third-order valence-electron chi connectivity index (χ3n) is 5.27. The number of anilines is 1. The van der Waals surface area contributed by atoms with Gasteiger partial charge in [0.15, 0.2) is 5.82 Å². The van der Waals surface area contributed by atoms with Crippen molar-refractivity contribution in [3.63, 3.8) is 0 Å². The smallest absolute Gasteiger partial charge is 0.398 e. The van der Waals surface area contributed by atoms with E-state index in [1.165, 1.54) is 18.3 Å². The molecule has 0 amide bonds. The average molecular weight is 438 g/mol. The summed E-state index contributed by atoms with van der Waals surface area (Å²) in [7, 11) is 0. The van der Waals surface area contributed by atoms with Crippen LogP contribution < -0.4 is 5.73 Å². The number of alkyl halides is 3. The monoisotopic (exact) mass is 438 g/mol. The molecule has 0 aliphatic heterocycles. The maximum absolute atomic E-state index is 13.5. The van der Waals surface area contributed by atoms with Crippen molar-refractivity contribution in [1.82, 2.24) is 15.0 Å². The molecule has 0 saturated heterocycles. The number of nitrogen functional groups attached to an aromatic ring is 1. The van der Waals surface area contributed by atoms with E-state index in [1.54, 1.807) is 12.1 Å². The predicted molar refractivity (Wildman–Crippen MR) is 118 cm³/mol. The molecule has 0 unspecified atom stereocenters. The highest BCUT2D eigenvalue weighted by atomic mass is 19.4. The normalized spacial score (nSPS) is 12.0. The summed E-state index contributed by atoms with van der Waals surface area (Å²) in [5.41, 5.74) is 8.72. The fraction of sp³-hybridized carbons (Fsp3) is 0.208. The largest absolute Gasteiger partial charge is 0.418 e. The lowest BCUT2D eigenvalue weighted by atomic mass is 9.96. The number of rotatable bonds is 4. The molecule has 0 spiro atoms. The molecule has 8 heteroatoms. The quantitative estimate of drug-likeness (QED) is 0.407. The topological polar surface area (TPSA) is 84.9 Å². The number of nitrogens with two attached hydrogens (primary N) is 1. The van der Waals surface area contributed by atoms with E-state index >= 15 is 0 Å². The van der Waals surface area contributed by atoms with E-state index in [0.717, 1.165) is 11.6 Å². The molecule has 2 aromatic heterocycles. The fourth-order valence-electron chi connectivity index (χ4n) is 3.62. The van der Waals surface area contributed by atoms with E-state index in [9.17, 15) is 18.3 Å². The Bertz CT molecular complexity index is 1300. The van der Waals surface area contributed by atoms with Crippen LogP contribution in [0.3, 0.4) is 0 Å². The van der Waals surface area contributed by atoms with E-state index in [-0.39, 0.29) is 17.1 Å². The molecule has 2 aromatic carbocycles. The van der Waals surface area contributed by atoms with Crippen molar-refractivity contribution in [2.75, 3.05) is 5.73 Å². The van der Waals surface area contributed by atoms with Gasteiger partial charge in [0, 0.05) is 28.4 Å². The second-order valence-electron chi connectivity index (χ2n) is 7.78. The van der Waals surface area contributed by atoms with Crippen LogP contribution >= 0.6 is 0 Å². The molecule has 32 heavy (non-hydrogen) atoms. The highest BCUT2D eigenvalue weighted by Crippen LogP contribution is 2.38. The standard InChI is InChI=1S/C24H21F3N4O/c1-13(2)14-5-7-16(19(28)10-14)23-17-8-6-15(11-20(17)30-21(12-32)31-23)22-18(24(25,26)27)4-3-9-29-22/h3-11,13,32H,12,28H2,1-2H3. The first-order chi connectivity index (χ1) is 15.2. The minimum Gasteiger partial charge on any atom is -0.398 e. The van der Waals surface area contributed by atoms with Crippen LogP contribution in [-0.4, -0.2) is 20.1 Å². The van der Waals surface area contributed by atoms with E-state index in [2.05, 4.69) is 28.8 Å². The van der Waals surface area contributed by atoms with Crippen LogP contribution in [-0.2, 0) is 12.8 Å². The highest BCUT2D eigenvalue weighted by molar-refractivity contribution is 5.97. The lowest BCUT2D eigenvalue weighted by Gasteiger charge is -2.15. The number of hydrogen-bond acceptors (Lipinski definition) is 5. The van der Waals surface area contributed by atoms with Crippen LogP contribution in [0.2, 0.25) is 0 Å². The van der Waals surface area contributed by atoms with Gasteiger partial charge in [-0.2, -0.15) is 13.2 Å². The SMILES string of the molecule is CC(C)c1ccc(-c2nc(CO)nc3cc(-c4ncccc4C(F)(F)F)ccc23)c(N)c1. The molecule has 0 aliphatic rings. The van der Waals surface area contributed by atoms with Gasteiger partial charge in [0.25, 0.3) is 0 Å². The van der Waals surface area contributed by atoms with Gasteiger partial charge in [0.1, 0.15) is 6.61 Å². The molecule has 0 aliphatic carbocycles. The number of fused-ring (bicyclic) bond motifs is 1. The molecule has 5 nitrogen and oxygen atoms in total. The van der Waals surface area contributed by atoms with Gasteiger partial charge in [-0.15, -0.1) is 0 Å². The van der Waals surface area contributed by atoms with Crippen molar-refractivity contribution < 1.29 is 18.3 Å². The number of benzene rings is 2. The number of aromatic nitrogens is 3. The molecule has 4 rings (SSSR count). The van der Waals surface area contributed by atoms with E-state index in [4.69, 9.17) is 5.73 Å². The van der Waals surface area contributed by atoms with Crippen LogP contribution in [0.1, 0.15) is 36.7 Å². The van der Waals surface area contributed by atoms with E-state index in [0.29, 0.717) is 33.8 Å². The number of pyridine rings is 1. The third-order valence-corrected chi connectivity index (χ3v) is 5.27. The molecular weight excluding hydrogens is 417 g/mol. The molecule has 164 valence electrons. The Morgan fingerprint density at radius 2 is 1.78 bits per heavy atom. The zero-order valence-corrected chi connectivity index (χ0v) is 17.5. The van der Waals surface area contributed by atoms with Gasteiger partial charge in [-0.3, -0.25) is 4.98 Å². The van der Waals surface area contributed by atoms with Gasteiger partial charge in [-0.1, -0.05) is 32.0 Å². The lowest BCUT2D eigenvalue weighted by molar-refractivity contribution is -0.137. The summed E-state index contributed by atoms with van der Waals surface area (Å²) in [4.78, 5) is 12.7. The van der Waals surface area contributed by atoms with E-state index in [1.807, 2.05) is 18.2 Å². The molecule has 4 aromatic rings. The maximum Gasteiger partial charge on any atom is 0.418 e. The van der Waals surface area contributed by atoms with Crippen molar-refractivity contribution in [3.05, 3.63) is 71.7 Å². The second kappa shape index (κ2) is 8.20. The number of aliphatic hydroxyl groups is 1. The Labute approximate surface area is 182 Å². The minimum absolute atomic E-state index is 0.147. The zero-order valence-electron chi connectivity index (χ0n) is 17.5. The Kier molecular flexibility index (Phi) is 5.56. The summed E-state index contributed by atoms with van der Waals surface area (Å²) >= 11 is 0. The Hall–Kier alpha value is -3.52. The number of hydrogen-bond donors (Lipinski definition) is 2. The predicted octanol–water partition coefficient (Wildman–Crippen LogP) is 5.58. The molecule has 0 bridgehead atoms. The first-order valence-electron chi connectivity index (χ1n) is 10.0. The van der Waals surface area contributed by atoms with Gasteiger partial charge >= 0.3 is 6.18 Å². The molecule has 0 fully saturated rings. The molecule has 0 saturated carbocycles. The van der Waals surface area contributed by atoms with Gasteiger partial charge < -0.3 is 10.8 Å². The summed E-state index contributed by atoms with van der Waals surface area (Å²) in [6.45, 7) is 3.70. The van der Waals surface area contributed by atoms with E-state index < -0.39 is 18.3 Å². The van der Waals surface area contributed by atoms with Crippen molar-refractivity contribution in [1.29, 1.82) is 0 Å². The van der Waals surface area contributed by atoms with Gasteiger partial charge in [0.2, 0.25) is 0 Å². The first kappa shape index (κ1) is 21.7. The van der Waals surface area contributed by atoms with Crippen molar-refractivity contribution in [3.8, 4) is 22.5 Å². The second-order valence-corrected chi connectivity index (χ2v) is 7.78. The number of nitrogens with zero attached hydrogens (tertiary/aromatic N) is 3. The number of halogens is 3. The first-order valence-corrected chi connectivity index (χ1v) is 10.0. The van der Waals surface area contributed by atoms with Crippen LogP contribution in [0.4, 0.5) is 18.9 Å². The minimum atomic E-state index is -4.54. The average Bonchev–Trinajstić information content (AvgIpc) is 2.77. The van der Waals surface area contributed by atoms with Gasteiger partial charge in [-0.05, 0) is 41.8 Å². The summed E-state index contributed by atoms with van der Waals surface area (Å²) in [5, 5.41) is 10.3. The molecule has 2 heterocycles. The molecular formula is C24H21F3N4O. The van der Waals surface area contributed by atoms with Crippen molar-refractivity contribution in [2.24, 2.45) is 0 Å². The summed E-state index contributed by atoms with van der Waals surface area (Å²) in [5.74, 6) is 0.444. The summed E-state index contributed by atoms with van der Waals surface area (Å²) < 4.78 is 40.4. The fourth-order valence-corrected chi connectivity index (χ4v) is 3.62.